The largest absolute Gasteiger partial charge is 0.375 e. The number of hydrogen-bond acceptors (Lipinski definition) is 5. The second kappa shape index (κ2) is 8.80. The van der Waals surface area contributed by atoms with Gasteiger partial charge < -0.3 is 10.6 Å². The topological polar surface area (TPSA) is 58.2 Å². The van der Waals surface area contributed by atoms with Crippen LogP contribution in [0.4, 0.5) is 11.4 Å². The average molecular weight is 469 g/mol. The molecule has 2 N–H and O–H groups in total. The van der Waals surface area contributed by atoms with E-state index in [1.165, 1.54) is 4.90 Å². The van der Waals surface area contributed by atoms with Gasteiger partial charge in [-0.25, -0.2) is 0 Å². The molecule has 0 radical (unpaired) electrons. The van der Waals surface area contributed by atoms with Crippen molar-refractivity contribution in [2.45, 2.75) is 31.2 Å². The lowest BCUT2D eigenvalue weighted by Crippen LogP contribution is -2.36. The van der Waals surface area contributed by atoms with Crippen molar-refractivity contribution < 1.29 is 9.59 Å². The summed E-state index contributed by atoms with van der Waals surface area (Å²) in [6, 6.07) is 23.2. The van der Waals surface area contributed by atoms with Gasteiger partial charge in [-0.05, 0) is 47.6 Å². The van der Waals surface area contributed by atoms with Crippen molar-refractivity contribution >= 4 is 34.7 Å². The normalized spacial score (nSPS) is 20.7. The summed E-state index contributed by atoms with van der Waals surface area (Å²) < 4.78 is 0. The quantitative estimate of drug-likeness (QED) is 0.329. The first-order chi connectivity index (χ1) is 16.3. The van der Waals surface area contributed by atoms with Gasteiger partial charge in [-0.1, -0.05) is 62.4 Å². The van der Waals surface area contributed by atoms with Crippen LogP contribution in [0.1, 0.15) is 47.8 Å². The third-order valence-electron chi connectivity index (χ3n) is 6.57. The molecule has 0 saturated carbocycles. The molecule has 34 heavy (non-hydrogen) atoms. The van der Waals surface area contributed by atoms with Gasteiger partial charge in [0.1, 0.15) is 5.78 Å². The van der Waals surface area contributed by atoms with Crippen LogP contribution in [0, 0.1) is 11.3 Å². The van der Waals surface area contributed by atoms with Crippen LogP contribution in [0.25, 0.3) is 0 Å². The Bertz CT molecular complexity index is 1280. The first-order valence-electron chi connectivity index (χ1n) is 11.5. The monoisotopic (exact) mass is 468 g/mol. The van der Waals surface area contributed by atoms with E-state index in [2.05, 4.69) is 61.1 Å². The third kappa shape index (κ3) is 4.28. The van der Waals surface area contributed by atoms with E-state index in [0.29, 0.717) is 17.5 Å². The molecule has 1 aliphatic carbocycles. The highest BCUT2D eigenvalue weighted by Crippen LogP contribution is 2.45. The molecule has 5 rings (SSSR count). The van der Waals surface area contributed by atoms with Crippen LogP contribution in [0.2, 0.25) is 0 Å². The van der Waals surface area contributed by atoms with Crippen molar-refractivity contribution in [2.24, 2.45) is 11.3 Å². The molecule has 2 aliphatic rings. The molecule has 3 aromatic carbocycles. The van der Waals surface area contributed by atoms with Gasteiger partial charge in [0.25, 0.3) is 0 Å². The molecule has 0 bridgehead atoms. The van der Waals surface area contributed by atoms with E-state index in [4.69, 9.17) is 0 Å². The first kappa shape index (κ1) is 22.5. The SMILES string of the molecule is CSc1ccc([C@H]2Nc3ccc(C(=O)c4ccccc4)cc3NC3=CC(C)(C)CC(=O)[C@H]32)cc1. The van der Waals surface area contributed by atoms with Gasteiger partial charge in [0.15, 0.2) is 5.78 Å². The molecule has 1 aliphatic heterocycles. The van der Waals surface area contributed by atoms with Crippen molar-refractivity contribution in [1.82, 2.24) is 0 Å². The van der Waals surface area contributed by atoms with E-state index in [0.717, 1.165) is 22.6 Å². The molecule has 0 amide bonds. The maximum atomic E-state index is 13.4. The van der Waals surface area contributed by atoms with Gasteiger partial charge in [-0.2, -0.15) is 0 Å². The van der Waals surface area contributed by atoms with Crippen LogP contribution in [0.5, 0.6) is 0 Å². The van der Waals surface area contributed by atoms with E-state index in [1.807, 2.05) is 48.5 Å². The summed E-state index contributed by atoms with van der Waals surface area (Å²) in [5.74, 6) is -0.132. The molecule has 172 valence electrons. The minimum absolute atomic E-state index is 0.0239. The van der Waals surface area contributed by atoms with Gasteiger partial charge in [0.05, 0.1) is 23.3 Å². The zero-order valence-electron chi connectivity index (χ0n) is 19.6. The average Bonchev–Trinajstić information content (AvgIpc) is 2.99. The fourth-order valence-electron chi connectivity index (χ4n) is 4.94. The van der Waals surface area contributed by atoms with E-state index in [9.17, 15) is 9.59 Å². The Labute approximate surface area is 204 Å². The summed E-state index contributed by atoms with van der Waals surface area (Å²) in [4.78, 5) is 27.7. The molecular weight excluding hydrogens is 440 g/mol. The Morgan fingerprint density at radius 1 is 0.941 bits per heavy atom. The van der Waals surface area contributed by atoms with Gasteiger partial charge in [-0.15, -0.1) is 11.8 Å². The Morgan fingerprint density at radius 3 is 2.38 bits per heavy atom. The molecular formula is C29H28N2O2S. The number of hydrogen-bond donors (Lipinski definition) is 2. The molecule has 0 spiro atoms. The first-order valence-corrected chi connectivity index (χ1v) is 12.7. The van der Waals surface area contributed by atoms with Crippen molar-refractivity contribution in [3.05, 3.63) is 101 Å². The highest BCUT2D eigenvalue weighted by atomic mass is 32.2. The van der Waals surface area contributed by atoms with Crippen LogP contribution in [-0.2, 0) is 4.79 Å². The molecule has 1 heterocycles. The molecule has 4 nitrogen and oxygen atoms in total. The van der Waals surface area contributed by atoms with Gasteiger partial charge in [-0.3, -0.25) is 9.59 Å². The number of carbonyl (C=O) groups is 2. The standard InChI is InChI=1S/C29H28N2O2S/c1-29(2)16-24-26(25(32)17-29)27(18-9-12-21(34-3)13-10-18)31-22-14-11-20(15-23(22)30-24)28(33)19-7-5-4-6-8-19/h4-16,26-27,30-31H,17H2,1-3H3/t26-,27+/m0/s1. The second-order valence-electron chi connectivity index (χ2n) is 9.68. The molecule has 0 unspecified atom stereocenters. The predicted molar refractivity (Wildman–Crippen MR) is 140 cm³/mol. The fourth-order valence-corrected chi connectivity index (χ4v) is 5.35. The number of nitrogens with one attached hydrogen (secondary N) is 2. The van der Waals surface area contributed by atoms with Crippen molar-refractivity contribution in [2.75, 3.05) is 16.9 Å². The number of allylic oxidation sites excluding steroid dienone is 1. The smallest absolute Gasteiger partial charge is 0.193 e. The lowest BCUT2D eigenvalue weighted by molar-refractivity contribution is -0.124. The summed E-state index contributed by atoms with van der Waals surface area (Å²) in [5, 5.41) is 7.17. The van der Waals surface area contributed by atoms with E-state index >= 15 is 0 Å². The summed E-state index contributed by atoms with van der Waals surface area (Å²) in [7, 11) is 0. The number of fused-ring (bicyclic) bond motifs is 2. The van der Waals surface area contributed by atoms with E-state index in [1.54, 1.807) is 11.8 Å². The molecule has 2 atom stereocenters. The van der Waals surface area contributed by atoms with Crippen LogP contribution in [0.3, 0.4) is 0 Å². The summed E-state index contributed by atoms with van der Waals surface area (Å²) in [6.45, 7) is 4.18. The van der Waals surface area contributed by atoms with E-state index < -0.39 is 0 Å². The number of benzene rings is 3. The number of Topliss-reactive ketones (excluding diaryl/α,β-unsaturated/α-hetero) is 1. The number of thioether (sulfide) groups is 1. The summed E-state index contributed by atoms with van der Waals surface area (Å²) >= 11 is 1.70. The Kier molecular flexibility index (Phi) is 5.82. The second-order valence-corrected chi connectivity index (χ2v) is 10.6. The predicted octanol–water partition coefficient (Wildman–Crippen LogP) is 6.72. The van der Waals surface area contributed by atoms with Gasteiger partial charge >= 0.3 is 0 Å². The fraction of sp³-hybridized carbons (Fsp3) is 0.241. The van der Waals surface area contributed by atoms with Crippen LogP contribution < -0.4 is 10.6 Å². The molecule has 5 heteroatoms. The summed E-state index contributed by atoms with van der Waals surface area (Å²) in [6.07, 6.45) is 4.74. The highest BCUT2D eigenvalue weighted by molar-refractivity contribution is 7.98. The number of rotatable bonds is 4. The number of anilines is 2. The zero-order valence-corrected chi connectivity index (χ0v) is 20.4. The Balaban J connectivity index is 1.59. The van der Waals surface area contributed by atoms with Crippen molar-refractivity contribution in [3.63, 3.8) is 0 Å². The number of ketones is 2. The van der Waals surface area contributed by atoms with Gasteiger partial charge in [0.2, 0.25) is 0 Å². The maximum Gasteiger partial charge on any atom is 0.193 e. The Hall–Kier alpha value is -3.31. The third-order valence-corrected chi connectivity index (χ3v) is 7.32. The highest BCUT2D eigenvalue weighted by Gasteiger charge is 2.41. The minimum Gasteiger partial charge on any atom is -0.375 e. The van der Waals surface area contributed by atoms with Crippen LogP contribution in [0.15, 0.2) is 89.5 Å². The van der Waals surface area contributed by atoms with Gasteiger partial charge in [0, 0.05) is 28.1 Å². The Morgan fingerprint density at radius 2 is 1.68 bits per heavy atom. The zero-order chi connectivity index (χ0) is 23.9. The van der Waals surface area contributed by atoms with Crippen molar-refractivity contribution in [3.8, 4) is 0 Å². The lowest BCUT2D eigenvalue weighted by Gasteiger charge is -2.35. The van der Waals surface area contributed by atoms with Crippen molar-refractivity contribution in [1.29, 1.82) is 0 Å². The summed E-state index contributed by atoms with van der Waals surface area (Å²) in [5.41, 5.74) is 4.70. The number of carbonyl (C=O) groups excluding carboxylic acids is 2. The van der Waals surface area contributed by atoms with Crippen LogP contribution in [-0.4, -0.2) is 17.8 Å². The molecule has 0 aromatic heterocycles. The molecule has 0 fully saturated rings. The molecule has 0 saturated heterocycles. The lowest BCUT2D eigenvalue weighted by atomic mass is 9.72. The minimum atomic E-state index is -0.325. The van der Waals surface area contributed by atoms with Crippen LogP contribution >= 0.6 is 11.8 Å². The molecule has 3 aromatic rings. The van der Waals surface area contributed by atoms with E-state index in [-0.39, 0.29) is 28.9 Å². The maximum absolute atomic E-state index is 13.4.